The molecule has 0 atom stereocenters. The Morgan fingerprint density at radius 3 is 2.56 bits per heavy atom. The number of fused-ring (bicyclic) bond motifs is 1. The highest BCUT2D eigenvalue weighted by atomic mass is 32.2. The van der Waals surface area contributed by atoms with Crippen molar-refractivity contribution >= 4 is 52.1 Å². The first-order valence-corrected chi connectivity index (χ1v) is 16.1. The van der Waals surface area contributed by atoms with Gasteiger partial charge in [0.15, 0.2) is 0 Å². The predicted octanol–water partition coefficient (Wildman–Crippen LogP) is 6.06. The number of piperazine rings is 1. The molecular weight excluding hydrogens is 586 g/mol. The molecular formula is C35H39N5O4S. The molecule has 2 amide bonds. The number of hydrogen-bond acceptors (Lipinski definition) is 8. The number of hydrogen-bond donors (Lipinski definition) is 2. The van der Waals surface area contributed by atoms with Crippen LogP contribution in [0.15, 0.2) is 76.7 Å². The van der Waals surface area contributed by atoms with Crippen molar-refractivity contribution in [2.24, 2.45) is 5.73 Å². The maximum absolute atomic E-state index is 13.4. The lowest BCUT2D eigenvalue weighted by molar-refractivity contribution is -0.107. The third kappa shape index (κ3) is 8.01. The second-order valence-corrected chi connectivity index (χ2v) is 12.3. The Morgan fingerprint density at radius 1 is 1.00 bits per heavy atom. The van der Waals surface area contributed by atoms with Crippen LogP contribution in [0.3, 0.4) is 0 Å². The maximum Gasteiger partial charge on any atom is 0.253 e. The van der Waals surface area contributed by atoms with E-state index in [9.17, 15) is 14.4 Å². The fraction of sp³-hybridized carbons (Fsp3) is 0.314. The summed E-state index contributed by atoms with van der Waals surface area (Å²) in [6.45, 7) is 6.11. The summed E-state index contributed by atoms with van der Waals surface area (Å²) in [7, 11) is 1.61. The minimum absolute atomic E-state index is 0.0397. The number of anilines is 2. The third-order valence-electron chi connectivity index (χ3n) is 8.01. The third-order valence-corrected chi connectivity index (χ3v) is 8.97. The van der Waals surface area contributed by atoms with E-state index >= 15 is 0 Å². The van der Waals surface area contributed by atoms with E-state index in [0.29, 0.717) is 36.5 Å². The SMILES string of the molecule is COc1cccc(Nc2c(C(N)=O)cnc3c(C)cc(Sc4cccc(C(=O)N5CCN(CCCCCC=O)CC5)c4)cc23)c1. The van der Waals surface area contributed by atoms with Gasteiger partial charge in [0, 0.05) is 71.3 Å². The predicted molar refractivity (Wildman–Crippen MR) is 179 cm³/mol. The summed E-state index contributed by atoms with van der Waals surface area (Å²) < 4.78 is 5.37. The lowest BCUT2D eigenvalue weighted by Crippen LogP contribution is -2.48. The number of benzene rings is 3. The van der Waals surface area contributed by atoms with Gasteiger partial charge < -0.3 is 25.5 Å². The topological polar surface area (TPSA) is 118 Å². The Kier molecular flexibility index (Phi) is 10.7. The fourth-order valence-corrected chi connectivity index (χ4v) is 6.62. The van der Waals surface area contributed by atoms with E-state index in [4.69, 9.17) is 10.5 Å². The number of nitrogens with one attached hydrogen (secondary N) is 1. The van der Waals surface area contributed by atoms with E-state index in [1.165, 1.54) is 6.20 Å². The molecule has 0 bridgehead atoms. The van der Waals surface area contributed by atoms with Gasteiger partial charge in [0.05, 0.1) is 23.9 Å². The zero-order valence-electron chi connectivity index (χ0n) is 25.8. The van der Waals surface area contributed by atoms with Gasteiger partial charge in [-0.1, -0.05) is 30.3 Å². The number of rotatable bonds is 13. The number of aryl methyl sites for hydroxylation is 1. The zero-order chi connectivity index (χ0) is 31.8. The van der Waals surface area contributed by atoms with Crippen molar-refractivity contribution in [1.82, 2.24) is 14.8 Å². The average Bonchev–Trinajstić information content (AvgIpc) is 3.05. The standard InChI is InChI=1S/C35H39N5O4S/c1-24-19-29(22-30-32(24)37-23-31(34(36)42)33(30)38-26-10-8-11-27(21-26)44-2)45-28-12-7-9-25(20-28)35(43)40-16-14-39(15-17-40)13-5-3-4-6-18-41/h7-12,18-23H,3-6,13-17H2,1-2H3,(H2,36,42)(H,37,38). The number of nitrogens with two attached hydrogens (primary N) is 1. The first-order valence-electron chi connectivity index (χ1n) is 15.2. The summed E-state index contributed by atoms with van der Waals surface area (Å²) >= 11 is 1.55. The summed E-state index contributed by atoms with van der Waals surface area (Å²) in [5.74, 6) is 0.148. The number of aromatic nitrogens is 1. The van der Waals surface area contributed by atoms with Crippen LogP contribution in [0.1, 0.15) is 52.0 Å². The molecule has 0 saturated carbocycles. The molecule has 3 aromatic carbocycles. The van der Waals surface area contributed by atoms with Crippen molar-refractivity contribution in [2.75, 3.05) is 45.2 Å². The van der Waals surface area contributed by atoms with Crippen molar-refractivity contribution in [3.05, 3.63) is 83.6 Å². The highest BCUT2D eigenvalue weighted by Crippen LogP contribution is 2.37. The molecule has 0 aliphatic carbocycles. The molecule has 2 heterocycles. The number of methoxy groups -OCH3 is 1. The van der Waals surface area contributed by atoms with E-state index in [1.807, 2.05) is 66.4 Å². The second kappa shape index (κ2) is 15.0. The van der Waals surface area contributed by atoms with Crippen LogP contribution in [0.5, 0.6) is 5.75 Å². The number of nitrogens with zero attached hydrogens (tertiary/aromatic N) is 3. The van der Waals surface area contributed by atoms with Gasteiger partial charge in [-0.2, -0.15) is 0 Å². The summed E-state index contributed by atoms with van der Waals surface area (Å²) in [5.41, 5.74) is 9.77. The second-order valence-electron chi connectivity index (χ2n) is 11.2. The summed E-state index contributed by atoms with van der Waals surface area (Å²) in [4.78, 5) is 47.2. The number of carbonyl (C=O) groups excluding carboxylic acids is 3. The highest BCUT2D eigenvalue weighted by molar-refractivity contribution is 7.99. The lowest BCUT2D eigenvalue weighted by atomic mass is 10.1. The maximum atomic E-state index is 13.4. The number of pyridine rings is 1. The van der Waals surface area contributed by atoms with Crippen molar-refractivity contribution < 1.29 is 19.1 Å². The van der Waals surface area contributed by atoms with E-state index in [1.54, 1.807) is 18.9 Å². The quantitative estimate of drug-likeness (QED) is 0.136. The van der Waals surface area contributed by atoms with Crippen LogP contribution >= 0.6 is 11.8 Å². The highest BCUT2D eigenvalue weighted by Gasteiger charge is 2.22. The smallest absolute Gasteiger partial charge is 0.253 e. The Labute approximate surface area is 268 Å². The first-order chi connectivity index (χ1) is 21.9. The molecule has 10 heteroatoms. The van der Waals surface area contributed by atoms with E-state index in [0.717, 1.165) is 77.1 Å². The molecule has 4 aromatic rings. The van der Waals surface area contributed by atoms with Crippen LogP contribution in [-0.2, 0) is 4.79 Å². The first kappa shape index (κ1) is 32.0. The monoisotopic (exact) mass is 625 g/mol. The molecule has 1 aliphatic heterocycles. The Balaban J connectivity index is 1.33. The molecule has 5 rings (SSSR count). The number of carbonyl (C=O) groups is 3. The molecule has 0 spiro atoms. The lowest BCUT2D eigenvalue weighted by Gasteiger charge is -2.34. The van der Waals surface area contributed by atoms with E-state index < -0.39 is 5.91 Å². The van der Waals surface area contributed by atoms with Gasteiger partial charge in [-0.3, -0.25) is 19.5 Å². The number of aldehydes is 1. The molecule has 45 heavy (non-hydrogen) atoms. The average molecular weight is 626 g/mol. The molecule has 1 saturated heterocycles. The minimum Gasteiger partial charge on any atom is -0.497 e. The van der Waals surface area contributed by atoms with Crippen LogP contribution in [0.2, 0.25) is 0 Å². The fourth-order valence-electron chi connectivity index (χ4n) is 5.60. The number of amides is 2. The van der Waals surface area contributed by atoms with Gasteiger partial charge >= 0.3 is 0 Å². The molecule has 234 valence electrons. The molecule has 3 N–H and O–H groups in total. The van der Waals surface area contributed by atoms with Gasteiger partial charge in [-0.15, -0.1) is 0 Å². The van der Waals surface area contributed by atoms with Crippen LogP contribution in [0.25, 0.3) is 10.9 Å². The summed E-state index contributed by atoms with van der Waals surface area (Å²) in [5, 5.41) is 4.15. The van der Waals surface area contributed by atoms with Crippen LogP contribution in [0, 0.1) is 6.92 Å². The van der Waals surface area contributed by atoms with Crippen LogP contribution in [-0.4, -0.2) is 72.7 Å². The van der Waals surface area contributed by atoms with Crippen molar-refractivity contribution in [3.8, 4) is 5.75 Å². The van der Waals surface area contributed by atoms with Crippen molar-refractivity contribution in [2.45, 2.75) is 42.4 Å². The normalized spacial score (nSPS) is 13.5. The largest absolute Gasteiger partial charge is 0.497 e. The number of unbranched alkanes of at least 4 members (excludes halogenated alkanes) is 3. The molecule has 1 aromatic heterocycles. The Bertz CT molecular complexity index is 1690. The van der Waals surface area contributed by atoms with Gasteiger partial charge in [0.25, 0.3) is 11.8 Å². The van der Waals surface area contributed by atoms with Gasteiger partial charge in [-0.25, -0.2) is 0 Å². The van der Waals surface area contributed by atoms with E-state index in [2.05, 4.69) is 21.3 Å². The minimum atomic E-state index is -0.577. The molecule has 1 aliphatic rings. The molecule has 0 radical (unpaired) electrons. The van der Waals surface area contributed by atoms with Gasteiger partial charge in [0.1, 0.15) is 12.0 Å². The van der Waals surface area contributed by atoms with Gasteiger partial charge in [-0.05, 0) is 74.3 Å². The van der Waals surface area contributed by atoms with Crippen molar-refractivity contribution in [3.63, 3.8) is 0 Å². The van der Waals surface area contributed by atoms with Crippen LogP contribution < -0.4 is 15.8 Å². The number of primary amides is 1. The Hall–Kier alpha value is -4.41. The van der Waals surface area contributed by atoms with Gasteiger partial charge in [0.2, 0.25) is 0 Å². The summed E-state index contributed by atoms with van der Waals surface area (Å²) in [6, 6.07) is 19.3. The molecule has 9 nitrogen and oxygen atoms in total. The molecule has 1 fully saturated rings. The van der Waals surface area contributed by atoms with Crippen molar-refractivity contribution in [1.29, 1.82) is 0 Å². The zero-order valence-corrected chi connectivity index (χ0v) is 26.6. The summed E-state index contributed by atoms with van der Waals surface area (Å²) in [6.07, 6.45) is 6.21. The Morgan fingerprint density at radius 2 is 1.80 bits per heavy atom. The van der Waals surface area contributed by atoms with Crippen LogP contribution in [0.4, 0.5) is 11.4 Å². The van der Waals surface area contributed by atoms with E-state index in [-0.39, 0.29) is 11.5 Å². The molecule has 0 unspecified atom stereocenters. The number of ether oxygens (including phenoxy) is 1.